The minimum atomic E-state index is -1.85. The van der Waals surface area contributed by atoms with Crippen LogP contribution in [-0.2, 0) is 19.1 Å². The van der Waals surface area contributed by atoms with Crippen molar-refractivity contribution in [1.29, 1.82) is 0 Å². The summed E-state index contributed by atoms with van der Waals surface area (Å²) in [6.07, 6.45) is -9.74. The molecule has 2 aromatic carbocycles. The standard InChI is InChI=1S/C23H25ClO10/c1-23(2,22(30)31)34-14-9-5-12(6-10-14)18(11-3-7-13(24)8-4-11)32-21-17(27)15(25)16(26)19(33-21)20(28)29/h3-10,15-19,21,25-27H,1-2H3,(H,28,29)(H,30,31)/t15-,16-,17+,18?,19-,21+/m0/s1. The maximum atomic E-state index is 11.4. The van der Waals surface area contributed by atoms with E-state index in [0.29, 0.717) is 16.1 Å². The van der Waals surface area contributed by atoms with E-state index in [0.717, 1.165) is 0 Å². The lowest BCUT2D eigenvalue weighted by atomic mass is 9.97. The predicted octanol–water partition coefficient (Wildman–Crippen LogP) is 1.58. The van der Waals surface area contributed by atoms with Crippen molar-refractivity contribution in [1.82, 2.24) is 0 Å². The molecule has 0 aromatic heterocycles. The molecule has 0 radical (unpaired) electrons. The van der Waals surface area contributed by atoms with Gasteiger partial charge in [-0.05, 0) is 49.2 Å². The van der Waals surface area contributed by atoms with E-state index in [-0.39, 0.29) is 5.75 Å². The van der Waals surface area contributed by atoms with Crippen molar-refractivity contribution in [3.63, 3.8) is 0 Å². The van der Waals surface area contributed by atoms with Crippen LogP contribution in [0.3, 0.4) is 0 Å². The van der Waals surface area contributed by atoms with E-state index in [4.69, 9.17) is 25.8 Å². The monoisotopic (exact) mass is 496 g/mol. The number of carboxylic acid groups (broad SMARTS) is 2. The van der Waals surface area contributed by atoms with Gasteiger partial charge in [-0.3, -0.25) is 0 Å². The summed E-state index contributed by atoms with van der Waals surface area (Å²) in [7, 11) is 0. The van der Waals surface area contributed by atoms with Gasteiger partial charge in [-0.2, -0.15) is 0 Å². The number of ether oxygens (including phenoxy) is 3. The first-order valence-corrected chi connectivity index (χ1v) is 10.6. The first-order chi connectivity index (χ1) is 15.9. The molecule has 1 aliphatic heterocycles. The molecule has 0 aliphatic carbocycles. The highest BCUT2D eigenvalue weighted by Gasteiger charge is 2.48. The van der Waals surface area contributed by atoms with Gasteiger partial charge in [0.25, 0.3) is 0 Å². The average Bonchev–Trinajstić information content (AvgIpc) is 2.78. The van der Waals surface area contributed by atoms with Crippen LogP contribution in [0.2, 0.25) is 5.02 Å². The summed E-state index contributed by atoms with van der Waals surface area (Å²) in [5.41, 5.74) is -0.380. The Balaban J connectivity index is 1.91. The second-order valence-electron chi connectivity index (χ2n) is 8.29. The Hall–Kier alpha value is -2.73. The topological polar surface area (TPSA) is 163 Å². The van der Waals surface area contributed by atoms with Gasteiger partial charge in [0.1, 0.15) is 30.2 Å². The summed E-state index contributed by atoms with van der Waals surface area (Å²) >= 11 is 5.98. The first kappa shape index (κ1) is 25.9. The molecule has 10 nitrogen and oxygen atoms in total. The molecule has 1 heterocycles. The normalized spacial score (nSPS) is 26.0. The Kier molecular flexibility index (Phi) is 7.81. The molecule has 0 saturated carbocycles. The van der Waals surface area contributed by atoms with Gasteiger partial charge in [0.15, 0.2) is 18.0 Å². The number of aliphatic carboxylic acids is 2. The molecule has 5 N–H and O–H groups in total. The number of aliphatic hydroxyl groups excluding tert-OH is 3. The highest BCUT2D eigenvalue weighted by atomic mass is 35.5. The number of rotatable bonds is 8. The molecular formula is C23H25ClO10. The third-order valence-corrected chi connectivity index (χ3v) is 5.58. The Bertz CT molecular complexity index is 1010. The summed E-state index contributed by atoms with van der Waals surface area (Å²) in [5, 5.41) is 49.4. The lowest BCUT2D eigenvalue weighted by Gasteiger charge is -2.40. The molecule has 11 heteroatoms. The minimum Gasteiger partial charge on any atom is -0.479 e. The van der Waals surface area contributed by atoms with Gasteiger partial charge in [0.2, 0.25) is 0 Å². The summed E-state index contributed by atoms with van der Waals surface area (Å²) in [6, 6.07) is 12.8. The van der Waals surface area contributed by atoms with Crippen LogP contribution in [0.1, 0.15) is 31.1 Å². The minimum absolute atomic E-state index is 0.282. The molecule has 0 amide bonds. The van der Waals surface area contributed by atoms with Crippen LogP contribution in [-0.4, -0.2) is 73.8 Å². The molecule has 2 aromatic rings. The lowest BCUT2D eigenvalue weighted by molar-refractivity contribution is -0.302. The Morgan fingerprint density at radius 3 is 1.94 bits per heavy atom. The maximum Gasteiger partial charge on any atom is 0.347 e. The van der Waals surface area contributed by atoms with E-state index < -0.39 is 54.3 Å². The summed E-state index contributed by atoms with van der Waals surface area (Å²) in [4.78, 5) is 22.7. The Morgan fingerprint density at radius 1 is 0.912 bits per heavy atom. The van der Waals surface area contributed by atoms with Crippen molar-refractivity contribution in [2.45, 2.75) is 56.3 Å². The van der Waals surface area contributed by atoms with Crippen molar-refractivity contribution in [2.24, 2.45) is 0 Å². The number of carboxylic acids is 2. The van der Waals surface area contributed by atoms with Gasteiger partial charge in [-0.15, -0.1) is 0 Å². The fourth-order valence-corrected chi connectivity index (χ4v) is 3.46. The van der Waals surface area contributed by atoms with Crippen LogP contribution in [0, 0.1) is 0 Å². The van der Waals surface area contributed by atoms with E-state index in [1.54, 1.807) is 36.4 Å². The zero-order valence-electron chi connectivity index (χ0n) is 18.2. The van der Waals surface area contributed by atoms with Gasteiger partial charge < -0.3 is 39.7 Å². The van der Waals surface area contributed by atoms with Crippen LogP contribution in [0.25, 0.3) is 0 Å². The maximum absolute atomic E-state index is 11.4. The molecule has 34 heavy (non-hydrogen) atoms. The fraction of sp³-hybridized carbons (Fsp3) is 0.391. The van der Waals surface area contributed by atoms with Crippen LogP contribution < -0.4 is 4.74 Å². The third kappa shape index (κ3) is 5.66. The van der Waals surface area contributed by atoms with E-state index >= 15 is 0 Å². The summed E-state index contributed by atoms with van der Waals surface area (Å²) in [6.45, 7) is 2.81. The van der Waals surface area contributed by atoms with Gasteiger partial charge in [0.05, 0.1) is 0 Å². The van der Waals surface area contributed by atoms with Gasteiger partial charge in [-0.1, -0.05) is 35.9 Å². The summed E-state index contributed by atoms with van der Waals surface area (Å²) in [5.74, 6) is -2.39. The predicted molar refractivity (Wildman–Crippen MR) is 117 cm³/mol. The van der Waals surface area contributed by atoms with E-state index in [9.17, 15) is 35.1 Å². The molecule has 1 unspecified atom stereocenters. The van der Waals surface area contributed by atoms with Gasteiger partial charge in [0, 0.05) is 5.02 Å². The van der Waals surface area contributed by atoms with E-state index in [2.05, 4.69) is 0 Å². The van der Waals surface area contributed by atoms with Crippen molar-refractivity contribution < 1.29 is 49.3 Å². The van der Waals surface area contributed by atoms with Crippen molar-refractivity contribution in [3.05, 3.63) is 64.7 Å². The fourth-order valence-electron chi connectivity index (χ4n) is 3.33. The zero-order valence-corrected chi connectivity index (χ0v) is 19.0. The highest BCUT2D eigenvalue weighted by molar-refractivity contribution is 6.30. The largest absolute Gasteiger partial charge is 0.479 e. The zero-order chi connectivity index (χ0) is 25.2. The Labute approximate surface area is 199 Å². The molecule has 6 atom stereocenters. The van der Waals surface area contributed by atoms with Crippen molar-refractivity contribution in [2.75, 3.05) is 0 Å². The highest BCUT2D eigenvalue weighted by Crippen LogP contribution is 2.33. The molecule has 3 rings (SSSR count). The second kappa shape index (κ2) is 10.3. The molecule has 1 saturated heterocycles. The number of hydrogen-bond donors (Lipinski definition) is 5. The van der Waals surface area contributed by atoms with E-state index in [1.807, 2.05) is 0 Å². The lowest BCUT2D eigenvalue weighted by Crippen LogP contribution is -2.60. The van der Waals surface area contributed by atoms with Crippen molar-refractivity contribution >= 4 is 23.5 Å². The van der Waals surface area contributed by atoms with Crippen LogP contribution in [0.5, 0.6) is 5.75 Å². The smallest absolute Gasteiger partial charge is 0.347 e. The first-order valence-electron chi connectivity index (χ1n) is 10.3. The quantitative estimate of drug-likeness (QED) is 0.362. The number of halogens is 1. The molecule has 1 aliphatic rings. The SMILES string of the molecule is CC(C)(Oc1ccc(C(O[C@@H]2O[C@H](C(=O)O)[C@@H](O)[C@H](O)[C@H]2O)c2ccc(Cl)cc2)cc1)C(=O)O. The molecule has 1 fully saturated rings. The number of hydrogen-bond acceptors (Lipinski definition) is 8. The third-order valence-electron chi connectivity index (χ3n) is 5.33. The second-order valence-corrected chi connectivity index (χ2v) is 8.73. The molecule has 0 spiro atoms. The number of benzene rings is 2. The molecular weight excluding hydrogens is 472 g/mol. The number of carbonyl (C=O) groups is 2. The molecule has 0 bridgehead atoms. The Morgan fingerprint density at radius 2 is 1.44 bits per heavy atom. The van der Waals surface area contributed by atoms with Crippen LogP contribution in [0.4, 0.5) is 0 Å². The molecule has 184 valence electrons. The van der Waals surface area contributed by atoms with Crippen molar-refractivity contribution in [3.8, 4) is 5.75 Å². The van der Waals surface area contributed by atoms with Crippen LogP contribution >= 0.6 is 11.6 Å². The number of aliphatic hydroxyl groups is 3. The van der Waals surface area contributed by atoms with Crippen LogP contribution in [0.15, 0.2) is 48.5 Å². The van der Waals surface area contributed by atoms with Gasteiger partial charge in [-0.25, -0.2) is 9.59 Å². The van der Waals surface area contributed by atoms with E-state index in [1.165, 1.54) is 26.0 Å². The van der Waals surface area contributed by atoms with Gasteiger partial charge >= 0.3 is 11.9 Å². The summed E-state index contributed by atoms with van der Waals surface area (Å²) < 4.78 is 16.7. The average molecular weight is 497 g/mol.